The van der Waals surface area contributed by atoms with Gasteiger partial charge in [0, 0.05) is 32.2 Å². The molecular formula is C25H30F3N3O4. The van der Waals surface area contributed by atoms with E-state index in [1.807, 2.05) is 6.92 Å². The largest absolute Gasteiger partial charge is 0.416 e. The highest BCUT2D eigenvalue weighted by Gasteiger charge is 2.52. The monoisotopic (exact) mass is 493 g/mol. The highest BCUT2D eigenvalue weighted by molar-refractivity contribution is 5.97. The Kier molecular flexibility index (Phi) is 6.92. The molecule has 0 bridgehead atoms. The molecule has 3 atom stereocenters. The number of alkyl halides is 3. The minimum Gasteiger partial charge on any atom is -0.349 e. The van der Waals surface area contributed by atoms with Crippen molar-refractivity contribution < 1.29 is 32.3 Å². The average Bonchev–Trinajstić information content (AvgIpc) is 3.06. The van der Waals surface area contributed by atoms with Gasteiger partial charge in [-0.2, -0.15) is 13.2 Å². The standard InChI is InChI=1S/C25H30F3N3O4/c1-24-15-18(16-6-4-7-17(14-16)25(26,27)28)31(19(24)8-2-3-9-20(32)29-24)23(35)12-13-30-21(33)10-5-11-22(30)34/h4,6-7,14,18-19H,2-3,5,8-13,15H2,1H3,(H,29,32)/t18-,19-,24-/m0/s1. The van der Waals surface area contributed by atoms with Crippen LogP contribution in [-0.4, -0.2) is 51.6 Å². The summed E-state index contributed by atoms with van der Waals surface area (Å²) in [5, 5.41) is 3.03. The van der Waals surface area contributed by atoms with E-state index in [4.69, 9.17) is 0 Å². The molecule has 1 N–H and O–H groups in total. The maximum Gasteiger partial charge on any atom is 0.416 e. The lowest BCUT2D eigenvalue weighted by atomic mass is 9.85. The van der Waals surface area contributed by atoms with Gasteiger partial charge in [-0.3, -0.25) is 24.1 Å². The van der Waals surface area contributed by atoms with Crippen LogP contribution in [0.5, 0.6) is 0 Å². The molecule has 0 saturated carbocycles. The lowest BCUT2D eigenvalue weighted by Gasteiger charge is -2.38. The Labute approximate surface area is 202 Å². The molecule has 10 heteroatoms. The molecule has 3 fully saturated rings. The van der Waals surface area contributed by atoms with E-state index in [1.165, 1.54) is 6.07 Å². The topological polar surface area (TPSA) is 86.8 Å². The fourth-order valence-electron chi connectivity index (χ4n) is 5.69. The number of carbonyl (C=O) groups excluding carboxylic acids is 4. The van der Waals surface area contributed by atoms with E-state index in [0.29, 0.717) is 37.7 Å². The first kappa shape index (κ1) is 25.2. The highest BCUT2D eigenvalue weighted by atomic mass is 19.4. The van der Waals surface area contributed by atoms with E-state index in [9.17, 15) is 32.3 Å². The van der Waals surface area contributed by atoms with Crippen molar-refractivity contribution in [3.63, 3.8) is 0 Å². The maximum atomic E-state index is 13.6. The summed E-state index contributed by atoms with van der Waals surface area (Å²) in [5.74, 6) is -1.11. The number of benzene rings is 1. The first-order valence-corrected chi connectivity index (χ1v) is 12.1. The van der Waals surface area contributed by atoms with Crippen LogP contribution in [0.3, 0.4) is 0 Å². The second-order valence-electron chi connectivity index (χ2n) is 9.91. The molecule has 1 aromatic carbocycles. The van der Waals surface area contributed by atoms with Crippen molar-refractivity contribution in [2.24, 2.45) is 0 Å². The first-order valence-electron chi connectivity index (χ1n) is 12.1. The number of rotatable bonds is 4. The van der Waals surface area contributed by atoms with Crippen molar-refractivity contribution in [1.29, 1.82) is 0 Å². The van der Waals surface area contributed by atoms with Crippen LogP contribution < -0.4 is 5.32 Å². The molecule has 190 valence electrons. The zero-order chi connectivity index (χ0) is 25.4. The van der Waals surface area contributed by atoms with E-state index >= 15 is 0 Å². The molecule has 0 aromatic heterocycles. The van der Waals surface area contributed by atoms with E-state index in [-0.39, 0.29) is 55.9 Å². The number of amides is 4. The van der Waals surface area contributed by atoms with E-state index < -0.39 is 29.4 Å². The van der Waals surface area contributed by atoms with Crippen molar-refractivity contribution in [3.8, 4) is 0 Å². The SMILES string of the molecule is C[C@]12C[C@@H](c3cccc(C(F)(F)F)c3)N(C(=O)CCN3C(=O)CCCC3=O)[C@H]1CCCCC(=O)N2. The van der Waals surface area contributed by atoms with Gasteiger partial charge in [0.1, 0.15) is 0 Å². The third kappa shape index (κ3) is 5.21. The molecule has 3 saturated heterocycles. The van der Waals surface area contributed by atoms with Gasteiger partial charge in [-0.1, -0.05) is 18.6 Å². The van der Waals surface area contributed by atoms with Crippen LogP contribution in [-0.2, 0) is 25.4 Å². The number of halogens is 3. The predicted molar refractivity (Wildman–Crippen MR) is 120 cm³/mol. The molecule has 35 heavy (non-hydrogen) atoms. The number of carbonyl (C=O) groups is 4. The van der Waals surface area contributed by atoms with Gasteiger partial charge in [-0.15, -0.1) is 0 Å². The Morgan fingerprint density at radius 2 is 1.80 bits per heavy atom. The summed E-state index contributed by atoms with van der Waals surface area (Å²) < 4.78 is 40.3. The van der Waals surface area contributed by atoms with Crippen LogP contribution >= 0.6 is 0 Å². The lowest BCUT2D eigenvalue weighted by molar-refractivity contribution is -0.149. The summed E-state index contributed by atoms with van der Waals surface area (Å²) in [6.07, 6.45) is -1.05. The average molecular weight is 494 g/mol. The third-order valence-electron chi connectivity index (χ3n) is 7.40. The van der Waals surface area contributed by atoms with Crippen LogP contribution in [0.15, 0.2) is 24.3 Å². The molecular weight excluding hydrogens is 463 g/mol. The summed E-state index contributed by atoms with van der Waals surface area (Å²) in [6, 6.07) is 3.87. The van der Waals surface area contributed by atoms with Gasteiger partial charge in [0.15, 0.2) is 0 Å². The molecule has 4 rings (SSSR count). The third-order valence-corrected chi connectivity index (χ3v) is 7.40. The Balaban J connectivity index is 1.65. The van der Waals surface area contributed by atoms with Crippen molar-refractivity contribution in [2.75, 3.05) is 6.54 Å². The number of hydrogen-bond donors (Lipinski definition) is 1. The number of nitrogens with one attached hydrogen (secondary N) is 1. The van der Waals surface area contributed by atoms with Crippen LogP contribution in [0.4, 0.5) is 13.2 Å². The molecule has 3 aliphatic rings. The van der Waals surface area contributed by atoms with Gasteiger partial charge in [0.2, 0.25) is 23.6 Å². The fourth-order valence-corrected chi connectivity index (χ4v) is 5.69. The van der Waals surface area contributed by atoms with Crippen LogP contribution in [0.25, 0.3) is 0 Å². The summed E-state index contributed by atoms with van der Waals surface area (Å²) in [7, 11) is 0. The molecule has 0 aliphatic carbocycles. The zero-order valence-corrected chi connectivity index (χ0v) is 19.7. The normalized spacial score (nSPS) is 27.8. The second-order valence-corrected chi connectivity index (χ2v) is 9.91. The summed E-state index contributed by atoms with van der Waals surface area (Å²) in [4.78, 5) is 53.1. The van der Waals surface area contributed by atoms with E-state index in [1.54, 1.807) is 11.0 Å². The van der Waals surface area contributed by atoms with Crippen LogP contribution in [0.1, 0.15) is 81.9 Å². The molecule has 0 spiro atoms. The summed E-state index contributed by atoms with van der Waals surface area (Å²) in [6.45, 7) is 1.78. The van der Waals surface area contributed by atoms with Crippen molar-refractivity contribution >= 4 is 23.6 Å². The smallest absolute Gasteiger partial charge is 0.349 e. The maximum absolute atomic E-state index is 13.6. The van der Waals surface area contributed by atoms with Crippen molar-refractivity contribution in [1.82, 2.24) is 15.1 Å². The highest BCUT2D eigenvalue weighted by Crippen LogP contribution is 2.46. The predicted octanol–water partition coefficient (Wildman–Crippen LogP) is 3.73. The minimum absolute atomic E-state index is 0.0574. The molecule has 4 amide bonds. The second kappa shape index (κ2) is 9.62. The molecule has 3 heterocycles. The van der Waals surface area contributed by atoms with Gasteiger partial charge in [0.05, 0.1) is 23.2 Å². The van der Waals surface area contributed by atoms with Gasteiger partial charge >= 0.3 is 6.18 Å². The van der Waals surface area contributed by atoms with Gasteiger partial charge in [0.25, 0.3) is 0 Å². The zero-order valence-electron chi connectivity index (χ0n) is 19.7. The van der Waals surface area contributed by atoms with Crippen molar-refractivity contribution in [2.45, 2.75) is 88.5 Å². The number of hydrogen-bond acceptors (Lipinski definition) is 4. The van der Waals surface area contributed by atoms with Crippen LogP contribution in [0, 0.1) is 0 Å². The quantitative estimate of drug-likeness (QED) is 0.648. The molecule has 7 nitrogen and oxygen atoms in total. The van der Waals surface area contributed by atoms with Gasteiger partial charge < -0.3 is 10.2 Å². The number of nitrogens with zero attached hydrogens (tertiary/aromatic N) is 2. The van der Waals surface area contributed by atoms with Crippen LogP contribution in [0.2, 0.25) is 0 Å². The Bertz CT molecular complexity index is 1010. The summed E-state index contributed by atoms with van der Waals surface area (Å²) >= 11 is 0. The Hall–Kier alpha value is -2.91. The molecule has 3 aliphatic heterocycles. The van der Waals surface area contributed by atoms with E-state index in [2.05, 4.69) is 5.32 Å². The summed E-state index contributed by atoms with van der Waals surface area (Å²) in [5.41, 5.74) is -1.26. The van der Waals surface area contributed by atoms with Crippen molar-refractivity contribution in [3.05, 3.63) is 35.4 Å². The molecule has 0 unspecified atom stereocenters. The number of likely N-dealkylation sites (tertiary alicyclic amines) is 2. The Morgan fingerprint density at radius 3 is 2.49 bits per heavy atom. The van der Waals surface area contributed by atoms with Gasteiger partial charge in [-0.25, -0.2) is 0 Å². The minimum atomic E-state index is -4.53. The molecule has 0 radical (unpaired) electrons. The number of fused-ring (bicyclic) bond motifs is 1. The first-order chi connectivity index (χ1) is 16.5. The Morgan fingerprint density at radius 1 is 1.09 bits per heavy atom. The van der Waals surface area contributed by atoms with Gasteiger partial charge in [-0.05, 0) is 50.3 Å². The van der Waals surface area contributed by atoms with E-state index in [0.717, 1.165) is 17.0 Å². The molecule has 1 aromatic rings. The number of imide groups is 1. The lowest BCUT2D eigenvalue weighted by Crippen LogP contribution is -2.56. The number of piperidine rings is 1. The fraction of sp³-hybridized carbons (Fsp3) is 0.600.